The molecule has 1 aromatic heterocycles. The second kappa shape index (κ2) is 5.50. The van der Waals surface area contributed by atoms with Crippen LogP contribution in [0.1, 0.15) is 16.2 Å². The average molecular weight is 286 g/mol. The molecule has 0 aromatic carbocycles. The largest absolute Gasteiger partial charge is 0.480 e. The van der Waals surface area contributed by atoms with Crippen molar-refractivity contribution < 1.29 is 19.4 Å². The Hall–Kier alpha value is -1.73. The molecule has 2 heterocycles. The fraction of sp³-hybridized carbons (Fsp3) is 0.455. The Morgan fingerprint density at radius 3 is 2.89 bits per heavy atom. The van der Waals surface area contributed by atoms with Gasteiger partial charge in [-0.3, -0.25) is 4.79 Å². The number of ether oxygens (including phenoxy) is 1. The fourth-order valence-corrected chi connectivity index (χ4v) is 2.06. The SMILES string of the molecule is Cc1cc(C(=O)N2CCOCC2C(=O)O)nc(Cl)n1. The first-order valence-electron chi connectivity index (χ1n) is 5.61. The van der Waals surface area contributed by atoms with Crippen LogP contribution in [0, 0.1) is 6.92 Å². The average Bonchev–Trinajstić information content (AvgIpc) is 2.36. The lowest BCUT2D eigenvalue weighted by Crippen LogP contribution is -2.52. The molecule has 0 spiro atoms. The summed E-state index contributed by atoms with van der Waals surface area (Å²) in [5.74, 6) is -1.59. The minimum atomic E-state index is -1.11. The lowest BCUT2D eigenvalue weighted by Gasteiger charge is -2.32. The highest BCUT2D eigenvalue weighted by Gasteiger charge is 2.34. The number of aromatic nitrogens is 2. The third kappa shape index (κ3) is 2.99. The topological polar surface area (TPSA) is 92.6 Å². The fourth-order valence-electron chi connectivity index (χ4n) is 1.84. The maximum atomic E-state index is 12.3. The van der Waals surface area contributed by atoms with E-state index in [9.17, 15) is 9.59 Å². The molecule has 0 radical (unpaired) electrons. The van der Waals surface area contributed by atoms with Crippen LogP contribution in [0.2, 0.25) is 5.28 Å². The summed E-state index contributed by atoms with van der Waals surface area (Å²) >= 11 is 5.70. The number of rotatable bonds is 2. The highest BCUT2D eigenvalue weighted by atomic mass is 35.5. The maximum absolute atomic E-state index is 12.3. The second-order valence-corrected chi connectivity index (χ2v) is 4.43. The predicted octanol–water partition coefficient (Wildman–Crippen LogP) is 0.364. The van der Waals surface area contributed by atoms with Crippen LogP contribution in [0.15, 0.2) is 6.07 Å². The molecule has 2 rings (SSSR count). The minimum Gasteiger partial charge on any atom is -0.480 e. The summed E-state index contributed by atoms with van der Waals surface area (Å²) in [7, 11) is 0. The number of carboxylic acids is 1. The van der Waals surface area contributed by atoms with Crippen LogP contribution in [-0.4, -0.2) is 57.7 Å². The Bertz CT molecular complexity index is 502. The molecule has 19 heavy (non-hydrogen) atoms. The summed E-state index contributed by atoms with van der Waals surface area (Å²) in [5.41, 5.74) is 0.633. The summed E-state index contributed by atoms with van der Waals surface area (Å²) < 4.78 is 5.07. The second-order valence-electron chi connectivity index (χ2n) is 4.09. The summed E-state index contributed by atoms with van der Waals surface area (Å²) in [6.07, 6.45) is 0. The first-order valence-corrected chi connectivity index (χ1v) is 5.99. The molecule has 1 fully saturated rings. The van der Waals surface area contributed by atoms with Gasteiger partial charge < -0.3 is 14.7 Å². The van der Waals surface area contributed by atoms with Crippen molar-refractivity contribution in [1.29, 1.82) is 0 Å². The van der Waals surface area contributed by atoms with Crippen LogP contribution >= 0.6 is 11.6 Å². The first kappa shape index (κ1) is 13.7. The molecule has 1 aromatic rings. The van der Waals surface area contributed by atoms with Crippen LogP contribution in [0.5, 0.6) is 0 Å². The number of carboxylic acid groups (broad SMARTS) is 1. The van der Waals surface area contributed by atoms with Gasteiger partial charge in [-0.25, -0.2) is 14.8 Å². The molecule has 1 N–H and O–H groups in total. The lowest BCUT2D eigenvalue weighted by atomic mass is 10.2. The van der Waals surface area contributed by atoms with E-state index in [2.05, 4.69) is 9.97 Å². The Kier molecular flexibility index (Phi) is 3.96. The van der Waals surface area contributed by atoms with E-state index in [0.717, 1.165) is 0 Å². The monoisotopic (exact) mass is 285 g/mol. The van der Waals surface area contributed by atoms with E-state index in [4.69, 9.17) is 21.4 Å². The van der Waals surface area contributed by atoms with E-state index in [0.29, 0.717) is 12.3 Å². The molecule has 7 nitrogen and oxygen atoms in total. The molecule has 0 saturated carbocycles. The van der Waals surface area contributed by atoms with Gasteiger partial charge in [-0.2, -0.15) is 0 Å². The van der Waals surface area contributed by atoms with Crippen LogP contribution < -0.4 is 0 Å². The summed E-state index contributed by atoms with van der Waals surface area (Å²) in [4.78, 5) is 32.3. The number of aliphatic carboxylic acids is 1. The summed E-state index contributed by atoms with van der Waals surface area (Å²) in [6, 6.07) is 0.470. The molecule has 8 heteroatoms. The summed E-state index contributed by atoms with van der Waals surface area (Å²) in [5, 5.41) is 9.04. The van der Waals surface area contributed by atoms with Gasteiger partial charge in [0, 0.05) is 12.2 Å². The van der Waals surface area contributed by atoms with Crippen molar-refractivity contribution in [3.8, 4) is 0 Å². The van der Waals surface area contributed by atoms with Crippen LogP contribution in [0.3, 0.4) is 0 Å². The number of hydrogen-bond acceptors (Lipinski definition) is 5. The van der Waals surface area contributed by atoms with Crippen molar-refractivity contribution in [1.82, 2.24) is 14.9 Å². The van der Waals surface area contributed by atoms with Crippen LogP contribution in [0.4, 0.5) is 0 Å². The summed E-state index contributed by atoms with van der Waals surface area (Å²) in [6.45, 7) is 2.15. The quantitative estimate of drug-likeness (QED) is 0.789. The van der Waals surface area contributed by atoms with Crippen molar-refractivity contribution in [2.45, 2.75) is 13.0 Å². The zero-order valence-electron chi connectivity index (χ0n) is 10.2. The van der Waals surface area contributed by atoms with E-state index >= 15 is 0 Å². The molecule has 1 aliphatic heterocycles. The van der Waals surface area contributed by atoms with Crippen molar-refractivity contribution in [3.05, 3.63) is 22.7 Å². The van der Waals surface area contributed by atoms with Crippen molar-refractivity contribution in [2.75, 3.05) is 19.8 Å². The molecule has 0 bridgehead atoms. The smallest absolute Gasteiger partial charge is 0.328 e. The van der Waals surface area contributed by atoms with Crippen molar-refractivity contribution in [3.63, 3.8) is 0 Å². The van der Waals surface area contributed by atoms with Gasteiger partial charge in [0.2, 0.25) is 5.28 Å². The van der Waals surface area contributed by atoms with Gasteiger partial charge in [0.15, 0.2) is 6.04 Å². The zero-order chi connectivity index (χ0) is 14.0. The number of aryl methyl sites for hydroxylation is 1. The number of carbonyl (C=O) groups is 2. The van der Waals surface area contributed by atoms with E-state index in [1.54, 1.807) is 6.92 Å². The van der Waals surface area contributed by atoms with Gasteiger partial charge in [-0.05, 0) is 24.6 Å². The lowest BCUT2D eigenvalue weighted by molar-refractivity contribution is -0.147. The molecular formula is C11H12ClN3O4. The molecule has 1 saturated heterocycles. The normalized spacial score (nSPS) is 19.3. The predicted molar refractivity (Wildman–Crippen MR) is 65.1 cm³/mol. The molecular weight excluding hydrogens is 274 g/mol. The number of amides is 1. The highest BCUT2D eigenvalue weighted by Crippen LogP contribution is 2.13. The van der Waals surface area contributed by atoms with Crippen LogP contribution in [-0.2, 0) is 9.53 Å². The van der Waals surface area contributed by atoms with Crippen molar-refractivity contribution in [2.24, 2.45) is 0 Å². The van der Waals surface area contributed by atoms with E-state index in [1.807, 2.05) is 0 Å². The van der Waals surface area contributed by atoms with Crippen molar-refractivity contribution >= 4 is 23.5 Å². The molecule has 0 aliphatic carbocycles. The molecule has 1 atom stereocenters. The van der Waals surface area contributed by atoms with E-state index in [-0.39, 0.29) is 24.1 Å². The number of carbonyl (C=O) groups excluding carboxylic acids is 1. The zero-order valence-corrected chi connectivity index (χ0v) is 10.9. The Morgan fingerprint density at radius 2 is 2.26 bits per heavy atom. The maximum Gasteiger partial charge on any atom is 0.328 e. The number of halogens is 1. The molecule has 102 valence electrons. The standard InChI is InChI=1S/C11H12ClN3O4/c1-6-4-7(14-11(12)13-6)9(16)15-2-3-19-5-8(15)10(17)18/h4,8H,2-3,5H2,1H3,(H,17,18). The Morgan fingerprint density at radius 1 is 1.53 bits per heavy atom. The highest BCUT2D eigenvalue weighted by molar-refractivity contribution is 6.28. The third-order valence-corrected chi connectivity index (χ3v) is 2.89. The minimum absolute atomic E-state index is 0.0289. The molecule has 1 amide bonds. The van der Waals surface area contributed by atoms with Crippen LogP contribution in [0.25, 0.3) is 0 Å². The van der Waals surface area contributed by atoms with Gasteiger partial charge in [-0.15, -0.1) is 0 Å². The Labute approximate surface area is 114 Å². The Balaban J connectivity index is 2.28. The number of hydrogen-bond donors (Lipinski definition) is 1. The van der Waals surface area contributed by atoms with Gasteiger partial charge in [0.25, 0.3) is 5.91 Å². The van der Waals surface area contributed by atoms with Gasteiger partial charge in [-0.1, -0.05) is 0 Å². The number of nitrogens with zero attached hydrogens (tertiary/aromatic N) is 3. The number of morpholine rings is 1. The molecule has 1 aliphatic rings. The van der Waals surface area contributed by atoms with Gasteiger partial charge in [0.05, 0.1) is 13.2 Å². The van der Waals surface area contributed by atoms with E-state index in [1.165, 1.54) is 11.0 Å². The van der Waals surface area contributed by atoms with Gasteiger partial charge in [0.1, 0.15) is 5.69 Å². The first-order chi connectivity index (χ1) is 8.99. The molecule has 1 unspecified atom stereocenters. The van der Waals surface area contributed by atoms with E-state index < -0.39 is 17.9 Å². The third-order valence-electron chi connectivity index (χ3n) is 2.72. The van der Waals surface area contributed by atoms with Gasteiger partial charge >= 0.3 is 5.97 Å².